The zero-order valence-electron chi connectivity index (χ0n) is 11.1. The van der Waals surface area contributed by atoms with Crippen LogP contribution in [0.5, 0.6) is 0 Å². The van der Waals surface area contributed by atoms with E-state index in [0.29, 0.717) is 18.4 Å². The average Bonchev–Trinajstić information content (AvgIpc) is 2.36. The quantitative estimate of drug-likeness (QED) is 0.766. The van der Waals surface area contributed by atoms with Crippen molar-refractivity contribution in [3.63, 3.8) is 0 Å². The normalized spacial score (nSPS) is 28.6. The summed E-state index contributed by atoms with van der Waals surface area (Å²) in [5.41, 5.74) is 0. The minimum absolute atomic E-state index is 0.153. The van der Waals surface area contributed by atoms with Gasteiger partial charge in [0.25, 0.3) is 0 Å². The molecule has 0 unspecified atom stereocenters. The number of likely N-dealkylation sites (tertiary alicyclic amines) is 1. The van der Waals surface area contributed by atoms with Crippen LogP contribution in [0.1, 0.15) is 39.0 Å². The Labute approximate surface area is 109 Å². The number of carbonyl (C=O) groups is 1. The molecule has 0 aromatic carbocycles. The lowest BCUT2D eigenvalue weighted by molar-refractivity contribution is -0.135. The van der Waals surface area contributed by atoms with Crippen molar-refractivity contribution in [1.82, 2.24) is 4.90 Å². The van der Waals surface area contributed by atoms with Gasteiger partial charge in [-0.05, 0) is 38.5 Å². The molecule has 18 heavy (non-hydrogen) atoms. The number of nitrogens with zero attached hydrogens (tertiary/aromatic N) is 2. The number of ether oxygens (including phenoxy) is 1. The summed E-state index contributed by atoms with van der Waals surface area (Å²) in [4.78, 5) is 14.0. The molecule has 4 heteroatoms. The van der Waals surface area contributed by atoms with E-state index in [9.17, 15) is 4.79 Å². The third-order valence-electron chi connectivity index (χ3n) is 4.09. The molecule has 2 fully saturated rings. The molecular formula is C14H22N2O2. The lowest BCUT2D eigenvalue weighted by Gasteiger charge is -2.36. The van der Waals surface area contributed by atoms with Crippen LogP contribution in [-0.2, 0) is 9.53 Å². The molecule has 0 bridgehead atoms. The topological polar surface area (TPSA) is 53.3 Å². The third kappa shape index (κ3) is 3.23. The van der Waals surface area contributed by atoms with E-state index in [1.807, 2.05) is 11.8 Å². The molecule has 4 nitrogen and oxygen atoms in total. The molecule has 1 heterocycles. The maximum Gasteiger partial charge on any atom is 0.222 e. The summed E-state index contributed by atoms with van der Waals surface area (Å²) in [7, 11) is 0. The average molecular weight is 250 g/mol. The van der Waals surface area contributed by atoms with Crippen molar-refractivity contribution in [2.45, 2.75) is 45.1 Å². The molecule has 1 saturated carbocycles. The summed E-state index contributed by atoms with van der Waals surface area (Å²) in [5, 5.41) is 8.82. The first-order valence-electron chi connectivity index (χ1n) is 7.02. The first-order valence-corrected chi connectivity index (χ1v) is 7.02. The first-order chi connectivity index (χ1) is 8.72. The van der Waals surface area contributed by atoms with Crippen LogP contribution in [-0.4, -0.2) is 36.6 Å². The summed E-state index contributed by atoms with van der Waals surface area (Å²) >= 11 is 0. The van der Waals surface area contributed by atoms with Crippen molar-refractivity contribution in [1.29, 1.82) is 5.26 Å². The van der Waals surface area contributed by atoms with Gasteiger partial charge in [0.05, 0.1) is 12.2 Å². The minimum atomic E-state index is 0.153. The molecule has 0 aromatic heterocycles. The first kappa shape index (κ1) is 13.4. The predicted molar refractivity (Wildman–Crippen MR) is 67.7 cm³/mol. The molecule has 2 rings (SSSR count). The second kappa shape index (κ2) is 6.19. The Balaban J connectivity index is 1.66. The van der Waals surface area contributed by atoms with Gasteiger partial charge in [0.2, 0.25) is 5.91 Å². The van der Waals surface area contributed by atoms with Gasteiger partial charge in [0, 0.05) is 32.0 Å². The molecule has 1 aliphatic carbocycles. The smallest absolute Gasteiger partial charge is 0.222 e. The Kier molecular flexibility index (Phi) is 4.60. The van der Waals surface area contributed by atoms with Gasteiger partial charge in [-0.2, -0.15) is 5.26 Å². The Morgan fingerprint density at radius 3 is 2.61 bits per heavy atom. The van der Waals surface area contributed by atoms with E-state index in [4.69, 9.17) is 10.00 Å². The highest BCUT2D eigenvalue weighted by molar-refractivity contribution is 5.76. The SMILES string of the molecule is CCOC1CC(CC(=O)N2CCC(C#N)CC2)C1. The number of amides is 1. The van der Waals surface area contributed by atoms with Gasteiger partial charge in [-0.15, -0.1) is 0 Å². The summed E-state index contributed by atoms with van der Waals surface area (Å²) in [6.45, 7) is 4.31. The molecule has 0 spiro atoms. The largest absolute Gasteiger partial charge is 0.378 e. The van der Waals surface area contributed by atoms with E-state index in [2.05, 4.69) is 6.07 Å². The summed E-state index contributed by atoms with van der Waals surface area (Å²) in [6.07, 6.45) is 4.81. The van der Waals surface area contributed by atoms with Gasteiger partial charge in [0.15, 0.2) is 0 Å². The predicted octanol–water partition coefficient (Wildman–Crippen LogP) is 1.95. The molecule has 2 aliphatic rings. The fourth-order valence-electron chi connectivity index (χ4n) is 2.85. The maximum absolute atomic E-state index is 12.1. The van der Waals surface area contributed by atoms with Gasteiger partial charge >= 0.3 is 0 Å². The van der Waals surface area contributed by atoms with Gasteiger partial charge < -0.3 is 9.64 Å². The fraction of sp³-hybridized carbons (Fsp3) is 0.857. The zero-order valence-corrected chi connectivity index (χ0v) is 11.1. The highest BCUT2D eigenvalue weighted by Gasteiger charge is 2.33. The number of hydrogen-bond acceptors (Lipinski definition) is 3. The van der Waals surface area contributed by atoms with E-state index in [1.54, 1.807) is 0 Å². The lowest BCUT2D eigenvalue weighted by Crippen LogP contribution is -2.41. The Morgan fingerprint density at radius 2 is 2.06 bits per heavy atom. The molecule has 0 radical (unpaired) electrons. The number of rotatable bonds is 4. The summed E-state index contributed by atoms with van der Waals surface area (Å²) in [6, 6.07) is 2.29. The minimum Gasteiger partial charge on any atom is -0.378 e. The Bertz CT molecular complexity index is 323. The van der Waals surface area contributed by atoms with Crippen molar-refractivity contribution >= 4 is 5.91 Å². The van der Waals surface area contributed by atoms with E-state index in [-0.39, 0.29) is 11.8 Å². The van der Waals surface area contributed by atoms with Crippen LogP contribution < -0.4 is 0 Å². The zero-order chi connectivity index (χ0) is 13.0. The van der Waals surface area contributed by atoms with Crippen molar-refractivity contribution in [3.8, 4) is 6.07 Å². The van der Waals surface area contributed by atoms with Crippen LogP contribution >= 0.6 is 0 Å². The van der Waals surface area contributed by atoms with E-state index in [0.717, 1.165) is 45.4 Å². The second-order valence-corrected chi connectivity index (χ2v) is 5.40. The van der Waals surface area contributed by atoms with Crippen molar-refractivity contribution in [2.24, 2.45) is 11.8 Å². The number of carbonyl (C=O) groups excluding carboxylic acids is 1. The van der Waals surface area contributed by atoms with Crippen LogP contribution in [0.3, 0.4) is 0 Å². The van der Waals surface area contributed by atoms with Crippen LogP contribution in [0.2, 0.25) is 0 Å². The van der Waals surface area contributed by atoms with E-state index < -0.39 is 0 Å². The Hall–Kier alpha value is -1.08. The van der Waals surface area contributed by atoms with Crippen molar-refractivity contribution in [2.75, 3.05) is 19.7 Å². The van der Waals surface area contributed by atoms with Crippen LogP contribution in [0.15, 0.2) is 0 Å². The third-order valence-corrected chi connectivity index (χ3v) is 4.09. The number of hydrogen-bond donors (Lipinski definition) is 0. The summed E-state index contributed by atoms with van der Waals surface area (Å²) in [5.74, 6) is 0.939. The molecule has 1 amide bonds. The Morgan fingerprint density at radius 1 is 1.39 bits per heavy atom. The van der Waals surface area contributed by atoms with Crippen LogP contribution in [0.25, 0.3) is 0 Å². The molecule has 1 aliphatic heterocycles. The maximum atomic E-state index is 12.1. The summed E-state index contributed by atoms with van der Waals surface area (Å²) < 4.78 is 5.50. The monoisotopic (exact) mass is 250 g/mol. The molecule has 0 atom stereocenters. The highest BCUT2D eigenvalue weighted by Crippen LogP contribution is 2.33. The molecule has 0 N–H and O–H groups in total. The number of piperidine rings is 1. The lowest BCUT2D eigenvalue weighted by atomic mass is 9.79. The second-order valence-electron chi connectivity index (χ2n) is 5.40. The van der Waals surface area contributed by atoms with Gasteiger partial charge in [-0.25, -0.2) is 0 Å². The molecular weight excluding hydrogens is 228 g/mol. The van der Waals surface area contributed by atoms with Crippen LogP contribution in [0, 0.1) is 23.2 Å². The van der Waals surface area contributed by atoms with Crippen molar-refractivity contribution in [3.05, 3.63) is 0 Å². The fourth-order valence-corrected chi connectivity index (χ4v) is 2.85. The standard InChI is InChI=1S/C14H22N2O2/c1-2-18-13-7-12(8-13)9-14(17)16-5-3-11(10-15)4-6-16/h11-13H,2-9H2,1H3. The van der Waals surface area contributed by atoms with Gasteiger partial charge in [0.1, 0.15) is 0 Å². The van der Waals surface area contributed by atoms with Crippen LogP contribution in [0.4, 0.5) is 0 Å². The van der Waals surface area contributed by atoms with Gasteiger partial charge in [-0.1, -0.05) is 0 Å². The molecule has 0 aromatic rings. The van der Waals surface area contributed by atoms with E-state index in [1.165, 1.54) is 0 Å². The molecule has 1 saturated heterocycles. The van der Waals surface area contributed by atoms with Crippen molar-refractivity contribution < 1.29 is 9.53 Å². The van der Waals surface area contributed by atoms with Gasteiger partial charge in [-0.3, -0.25) is 4.79 Å². The molecule has 100 valence electrons. The highest BCUT2D eigenvalue weighted by atomic mass is 16.5. The number of nitriles is 1. The van der Waals surface area contributed by atoms with E-state index >= 15 is 0 Å².